The van der Waals surface area contributed by atoms with Crippen LogP contribution in [0.5, 0.6) is 0 Å². The van der Waals surface area contributed by atoms with Crippen molar-refractivity contribution in [2.75, 3.05) is 6.16 Å². The standard InChI is InChI=1S/C33H51O3PSi2.C30H48O4S.CH4/c1-26-27(22-23-37(34,29-18-14-12-15-19-29)30-20-16-13-17-21-30)24-28(35-38(8,9)32(2,3)4)25-31(26)36-39(10,11)33(5,6)7;1-20(13-15-30(16-17-30)35(33,34)28(3,4)5)25-11-12-26-22(8-7-14-29(25,26)6)9-10-23-18-24(31)19-27(32)21(23)2;/h12-22,28,31H,1,23-25H2,2-11H3;9-10,20,24-27,31-32H,2,7-8,11-19H2,1,3-6H3;1H4/b27-22-;22-9+,23-10-;/t28-,31+;20-,24-,25-,26+,27+,29-;/m11./s1. The normalized spacial score (nSPS) is 28.8. The summed E-state index contributed by atoms with van der Waals surface area (Å²) < 4.78 is 54.0. The molecule has 0 amide bonds. The van der Waals surface area contributed by atoms with Crippen LogP contribution in [0, 0.1) is 23.2 Å². The van der Waals surface area contributed by atoms with Gasteiger partial charge in [0.15, 0.2) is 26.5 Å². The number of fused-ring (bicyclic) bond motifs is 1. The number of aliphatic hydroxyl groups is 2. The second kappa shape index (κ2) is 23.7. The van der Waals surface area contributed by atoms with Crippen molar-refractivity contribution in [3.05, 3.63) is 120 Å². The lowest BCUT2D eigenvalue weighted by Crippen LogP contribution is -2.49. The van der Waals surface area contributed by atoms with Crippen molar-refractivity contribution in [2.45, 2.75) is 237 Å². The molecule has 5 aliphatic carbocycles. The maximum absolute atomic E-state index is 14.7. The van der Waals surface area contributed by atoms with Gasteiger partial charge in [-0.3, -0.25) is 0 Å². The van der Waals surface area contributed by atoms with E-state index in [2.05, 4.69) is 113 Å². The first-order valence-corrected chi connectivity index (χ1v) is 37.4. The highest BCUT2D eigenvalue weighted by Gasteiger charge is 2.59. The lowest BCUT2D eigenvalue weighted by Gasteiger charge is -2.45. The fourth-order valence-electron chi connectivity index (χ4n) is 12.3. The smallest absolute Gasteiger partial charge is 0.192 e. The molecule has 0 spiro atoms. The number of benzene rings is 2. The minimum atomic E-state index is -3.12. The van der Waals surface area contributed by atoms with Crippen molar-refractivity contribution in [3.63, 3.8) is 0 Å². The maximum atomic E-state index is 14.7. The number of allylic oxidation sites excluding steroid dienone is 4. The first kappa shape index (κ1) is 63.4. The number of rotatable bonds is 14. The quantitative estimate of drug-likeness (QED) is 0.143. The molecule has 2 N–H and O–H groups in total. The summed E-state index contributed by atoms with van der Waals surface area (Å²) in [5.41, 5.74) is 5.68. The summed E-state index contributed by atoms with van der Waals surface area (Å²) in [7, 11) is -10.0. The third-order valence-electron chi connectivity index (χ3n) is 19.4. The summed E-state index contributed by atoms with van der Waals surface area (Å²) in [5.74, 6) is 1.73. The zero-order valence-corrected chi connectivity index (χ0v) is 52.4. The van der Waals surface area contributed by atoms with Gasteiger partial charge in [-0.25, -0.2) is 8.42 Å². The minimum absolute atomic E-state index is 0. The summed E-state index contributed by atoms with van der Waals surface area (Å²) >= 11 is 0. The summed E-state index contributed by atoms with van der Waals surface area (Å²) in [4.78, 5) is 0. The molecule has 7 nitrogen and oxygen atoms in total. The molecule has 420 valence electrons. The van der Waals surface area contributed by atoms with Crippen LogP contribution in [0.25, 0.3) is 0 Å². The maximum Gasteiger partial charge on any atom is 0.192 e. The highest BCUT2D eigenvalue weighted by molar-refractivity contribution is 7.94. The second-order valence-corrected chi connectivity index (χ2v) is 43.1. The van der Waals surface area contributed by atoms with Crippen molar-refractivity contribution in [2.24, 2.45) is 23.2 Å². The first-order chi connectivity index (χ1) is 34.1. The fraction of sp³-hybridized carbons (Fsp3) is 0.656. The summed E-state index contributed by atoms with van der Waals surface area (Å²) in [5, 5.41) is 22.3. The Labute approximate surface area is 460 Å². The lowest BCUT2D eigenvalue weighted by atomic mass is 9.60. The Hall–Kier alpha value is -2.41. The molecule has 11 heteroatoms. The lowest BCUT2D eigenvalue weighted by molar-refractivity contribution is 0.0861. The van der Waals surface area contributed by atoms with E-state index in [9.17, 15) is 23.2 Å². The van der Waals surface area contributed by atoms with Crippen LogP contribution in [-0.2, 0) is 23.3 Å². The van der Waals surface area contributed by atoms with E-state index in [4.69, 9.17) is 8.85 Å². The van der Waals surface area contributed by atoms with Gasteiger partial charge in [0.25, 0.3) is 0 Å². The number of hydrogen-bond donors (Lipinski definition) is 2. The van der Waals surface area contributed by atoms with E-state index in [1.54, 1.807) is 0 Å². The Morgan fingerprint density at radius 2 is 1.32 bits per heavy atom. The zero-order chi connectivity index (χ0) is 55.1. The monoisotopic (exact) mass is 1100 g/mol. The molecular weight excluding hydrogens is 1000 g/mol. The number of hydrogen-bond acceptors (Lipinski definition) is 7. The summed E-state index contributed by atoms with van der Waals surface area (Å²) in [6, 6.07) is 19.8. The molecule has 0 heterocycles. The molecule has 0 bridgehead atoms. The van der Waals surface area contributed by atoms with E-state index in [1.807, 2.05) is 81.4 Å². The highest BCUT2D eigenvalue weighted by atomic mass is 32.2. The molecule has 0 saturated heterocycles. The summed E-state index contributed by atoms with van der Waals surface area (Å²) in [6.07, 6.45) is 17.9. The molecule has 0 radical (unpaired) electrons. The van der Waals surface area contributed by atoms with E-state index >= 15 is 0 Å². The molecule has 5 saturated carbocycles. The van der Waals surface area contributed by atoms with Gasteiger partial charge in [-0.05, 0) is 173 Å². The highest BCUT2D eigenvalue weighted by Crippen LogP contribution is 2.61. The molecule has 7 rings (SSSR count). The van der Waals surface area contributed by atoms with Crippen molar-refractivity contribution in [3.8, 4) is 0 Å². The third-order valence-corrected chi connectivity index (χ3v) is 34.8. The molecule has 0 aliphatic heterocycles. The van der Waals surface area contributed by atoms with Crippen LogP contribution < -0.4 is 10.6 Å². The Balaban J connectivity index is 0.000000275. The van der Waals surface area contributed by atoms with Gasteiger partial charge in [0.05, 0.1) is 33.9 Å². The topological polar surface area (TPSA) is 110 Å². The number of sulfone groups is 1. The van der Waals surface area contributed by atoms with Gasteiger partial charge in [0.2, 0.25) is 0 Å². The molecule has 5 fully saturated rings. The van der Waals surface area contributed by atoms with Gasteiger partial charge in [-0.1, -0.05) is 160 Å². The predicted octanol–water partition coefficient (Wildman–Crippen LogP) is 16.0. The zero-order valence-electron chi connectivity index (χ0n) is 48.7. The Kier molecular flexibility index (Phi) is 20.1. The Bertz CT molecular complexity index is 2510. The SMILES string of the molecule is C.C=C1/C(=C\C=C2/CCC[C@]3(C)[C@@H]([C@H](C)CCC4(S(=O)(=O)C(C)(C)C)CC4)CC[C@@H]23)C[C@@H](O)C[C@@H]1O.C=C1/C(=C\CP(=O)(c2ccccc2)c2ccccc2)C[C@@H](O[Si](C)(C)C(C)(C)C)C[C@@H]1O[Si](C)(C)C(C)(C)C. The van der Waals surface area contributed by atoms with Crippen LogP contribution in [0.2, 0.25) is 36.3 Å². The van der Waals surface area contributed by atoms with Gasteiger partial charge < -0.3 is 23.6 Å². The average Bonchev–Trinajstić information content (AvgIpc) is 4.03. The molecule has 2 aromatic carbocycles. The first-order valence-electron chi connectivity index (χ1n) is 28.2. The molecule has 8 atom stereocenters. The predicted molar refractivity (Wildman–Crippen MR) is 326 cm³/mol. The largest absolute Gasteiger partial charge is 0.413 e. The van der Waals surface area contributed by atoms with Gasteiger partial charge in [-0.2, -0.15) is 0 Å². The molecule has 2 aromatic rings. The van der Waals surface area contributed by atoms with Crippen LogP contribution in [0.4, 0.5) is 0 Å². The van der Waals surface area contributed by atoms with Crippen LogP contribution in [0.15, 0.2) is 120 Å². The van der Waals surface area contributed by atoms with Crippen LogP contribution >= 0.6 is 7.14 Å². The second-order valence-electron chi connectivity index (χ2n) is 27.6. The molecular formula is C64H103O7PSSi2. The van der Waals surface area contributed by atoms with Crippen molar-refractivity contribution < 1.29 is 32.0 Å². The van der Waals surface area contributed by atoms with Crippen LogP contribution in [0.1, 0.15) is 167 Å². The Morgan fingerprint density at radius 3 is 1.84 bits per heavy atom. The minimum Gasteiger partial charge on any atom is -0.413 e. The third kappa shape index (κ3) is 14.0. The summed E-state index contributed by atoms with van der Waals surface area (Å²) in [6.45, 7) is 42.0. The van der Waals surface area contributed by atoms with Gasteiger partial charge in [0.1, 0.15) is 7.14 Å². The molecule has 75 heavy (non-hydrogen) atoms. The van der Waals surface area contributed by atoms with Crippen molar-refractivity contribution in [1.82, 2.24) is 0 Å². The molecule has 0 unspecified atom stereocenters. The number of aliphatic hydroxyl groups excluding tert-OH is 2. The molecule has 0 aromatic heterocycles. The van der Waals surface area contributed by atoms with Crippen molar-refractivity contribution >= 4 is 44.2 Å². The van der Waals surface area contributed by atoms with E-state index in [1.165, 1.54) is 31.3 Å². The van der Waals surface area contributed by atoms with Gasteiger partial charge >= 0.3 is 0 Å². The Morgan fingerprint density at radius 1 is 0.773 bits per heavy atom. The van der Waals surface area contributed by atoms with E-state index in [0.29, 0.717) is 36.8 Å². The van der Waals surface area contributed by atoms with Crippen LogP contribution in [0.3, 0.4) is 0 Å². The van der Waals surface area contributed by atoms with E-state index < -0.39 is 55.3 Å². The molecule has 5 aliphatic rings. The van der Waals surface area contributed by atoms with Gasteiger partial charge in [0, 0.05) is 29.6 Å². The van der Waals surface area contributed by atoms with Crippen LogP contribution in [-0.4, -0.2) is 75.3 Å². The van der Waals surface area contributed by atoms with E-state index in [-0.39, 0.29) is 35.1 Å². The van der Waals surface area contributed by atoms with E-state index in [0.717, 1.165) is 77.8 Å². The van der Waals surface area contributed by atoms with Gasteiger partial charge in [-0.15, -0.1) is 0 Å². The van der Waals surface area contributed by atoms with Crippen molar-refractivity contribution in [1.29, 1.82) is 0 Å². The average molecular weight is 1100 g/mol. The fourth-order valence-corrected chi connectivity index (χ4v) is 19.8.